The number of ether oxygens (including phenoxy) is 1. The summed E-state index contributed by atoms with van der Waals surface area (Å²) in [6, 6.07) is 18.6. The average Bonchev–Trinajstić information content (AvgIpc) is 2.68. The summed E-state index contributed by atoms with van der Waals surface area (Å²) in [5.74, 6) is -0.228. The molecule has 0 aliphatic rings. The zero-order valence-electron chi connectivity index (χ0n) is 14.5. The number of rotatable bonds is 6. The zero-order valence-corrected chi connectivity index (χ0v) is 17.7. The summed E-state index contributed by atoms with van der Waals surface area (Å²) in [6.07, 6.45) is 1.51. The van der Waals surface area contributed by atoms with E-state index in [-0.39, 0.29) is 5.56 Å². The Bertz CT molecular complexity index is 1010. The fourth-order valence-corrected chi connectivity index (χ4v) is 3.47. The number of hydrogen-bond acceptors (Lipinski definition) is 3. The first-order valence-electron chi connectivity index (χ1n) is 8.27. The Kier molecular flexibility index (Phi) is 6.95. The SMILES string of the molecule is O=C(N/N=C\c1ccc(OCc2ccc(Br)cc2Br)cc1)c1cccc(F)c1. The van der Waals surface area contributed by atoms with E-state index in [0.29, 0.717) is 6.61 Å². The molecule has 1 amide bonds. The lowest BCUT2D eigenvalue weighted by atomic mass is 10.2. The standard InChI is InChI=1S/C21H15Br2FN2O2/c22-17-7-6-16(20(23)11-17)13-28-19-8-4-14(5-9-19)12-25-26-21(27)15-2-1-3-18(24)10-15/h1-12H,13H2,(H,26,27)/b25-12-. The lowest BCUT2D eigenvalue weighted by Gasteiger charge is -2.08. The van der Waals surface area contributed by atoms with Crippen LogP contribution < -0.4 is 10.2 Å². The molecule has 3 aromatic carbocycles. The van der Waals surface area contributed by atoms with Crippen molar-refractivity contribution in [3.8, 4) is 5.75 Å². The molecule has 0 unspecified atom stereocenters. The summed E-state index contributed by atoms with van der Waals surface area (Å²) in [5, 5.41) is 3.89. The van der Waals surface area contributed by atoms with Gasteiger partial charge in [0, 0.05) is 20.1 Å². The molecule has 0 atom stereocenters. The maximum absolute atomic E-state index is 13.1. The normalized spacial score (nSPS) is 10.8. The molecule has 0 saturated carbocycles. The van der Waals surface area contributed by atoms with Crippen molar-refractivity contribution in [1.29, 1.82) is 0 Å². The minimum Gasteiger partial charge on any atom is -0.489 e. The monoisotopic (exact) mass is 504 g/mol. The molecule has 7 heteroatoms. The van der Waals surface area contributed by atoms with Crippen LogP contribution in [0, 0.1) is 5.82 Å². The highest BCUT2D eigenvalue weighted by Gasteiger charge is 2.05. The number of hydrazone groups is 1. The van der Waals surface area contributed by atoms with Crippen molar-refractivity contribution >= 4 is 44.0 Å². The minimum absolute atomic E-state index is 0.208. The van der Waals surface area contributed by atoms with Crippen molar-refractivity contribution in [1.82, 2.24) is 5.43 Å². The molecule has 0 bridgehead atoms. The molecule has 0 heterocycles. The van der Waals surface area contributed by atoms with Gasteiger partial charge in [0.1, 0.15) is 18.2 Å². The topological polar surface area (TPSA) is 50.7 Å². The van der Waals surface area contributed by atoms with Gasteiger partial charge in [-0.15, -0.1) is 0 Å². The highest BCUT2D eigenvalue weighted by molar-refractivity contribution is 9.11. The van der Waals surface area contributed by atoms with E-state index in [1.807, 2.05) is 42.5 Å². The third kappa shape index (κ3) is 5.74. The van der Waals surface area contributed by atoms with Crippen LogP contribution in [0.3, 0.4) is 0 Å². The zero-order chi connectivity index (χ0) is 19.9. The van der Waals surface area contributed by atoms with Crippen LogP contribution in [-0.4, -0.2) is 12.1 Å². The van der Waals surface area contributed by atoms with E-state index >= 15 is 0 Å². The van der Waals surface area contributed by atoms with Crippen molar-refractivity contribution in [2.75, 3.05) is 0 Å². The first-order valence-corrected chi connectivity index (χ1v) is 9.85. The summed E-state index contributed by atoms with van der Waals surface area (Å²) >= 11 is 6.93. The number of nitrogens with one attached hydrogen (secondary N) is 1. The first-order chi connectivity index (χ1) is 13.5. The fourth-order valence-electron chi connectivity index (χ4n) is 2.31. The summed E-state index contributed by atoms with van der Waals surface area (Å²) in [7, 11) is 0. The number of carbonyl (C=O) groups is 1. The maximum Gasteiger partial charge on any atom is 0.271 e. The predicted octanol–water partition coefficient (Wildman–Crippen LogP) is 5.69. The molecule has 142 valence electrons. The van der Waals surface area contributed by atoms with Crippen molar-refractivity contribution in [2.24, 2.45) is 5.10 Å². The second-order valence-corrected chi connectivity index (χ2v) is 7.57. The van der Waals surface area contributed by atoms with E-state index in [0.717, 1.165) is 31.9 Å². The molecular weight excluding hydrogens is 491 g/mol. The van der Waals surface area contributed by atoms with Gasteiger partial charge in [-0.05, 0) is 60.2 Å². The van der Waals surface area contributed by atoms with Gasteiger partial charge in [-0.2, -0.15) is 5.10 Å². The van der Waals surface area contributed by atoms with Gasteiger partial charge in [-0.3, -0.25) is 4.79 Å². The van der Waals surface area contributed by atoms with Gasteiger partial charge >= 0.3 is 0 Å². The highest BCUT2D eigenvalue weighted by Crippen LogP contribution is 2.23. The Labute approximate surface area is 178 Å². The van der Waals surface area contributed by atoms with Crippen molar-refractivity contribution in [2.45, 2.75) is 6.61 Å². The van der Waals surface area contributed by atoms with Gasteiger partial charge in [0.05, 0.1) is 6.21 Å². The number of amides is 1. The molecule has 1 N–H and O–H groups in total. The van der Waals surface area contributed by atoms with Crippen LogP contribution in [0.5, 0.6) is 5.75 Å². The molecular formula is C21H15Br2FN2O2. The summed E-state index contributed by atoms with van der Waals surface area (Å²) in [5.41, 5.74) is 4.40. The quantitative estimate of drug-likeness (QED) is 0.345. The summed E-state index contributed by atoms with van der Waals surface area (Å²) in [6.45, 7) is 0.436. The van der Waals surface area contributed by atoms with Crippen LogP contribution in [0.1, 0.15) is 21.5 Å². The van der Waals surface area contributed by atoms with Crippen LogP contribution in [0.4, 0.5) is 4.39 Å². The molecule has 0 radical (unpaired) electrons. The maximum atomic E-state index is 13.1. The van der Waals surface area contributed by atoms with Crippen LogP contribution in [-0.2, 0) is 6.61 Å². The van der Waals surface area contributed by atoms with Crippen molar-refractivity contribution in [3.05, 3.63) is 98.2 Å². The molecule has 0 aliphatic heterocycles. The summed E-state index contributed by atoms with van der Waals surface area (Å²) in [4.78, 5) is 11.9. The van der Waals surface area contributed by atoms with E-state index in [1.165, 1.54) is 24.4 Å². The molecule has 0 aromatic heterocycles. The van der Waals surface area contributed by atoms with Gasteiger partial charge in [0.25, 0.3) is 5.91 Å². The van der Waals surface area contributed by atoms with E-state index in [2.05, 4.69) is 42.4 Å². The largest absolute Gasteiger partial charge is 0.489 e. The van der Waals surface area contributed by atoms with Crippen LogP contribution in [0.25, 0.3) is 0 Å². The smallest absolute Gasteiger partial charge is 0.271 e. The van der Waals surface area contributed by atoms with Crippen molar-refractivity contribution < 1.29 is 13.9 Å². The predicted molar refractivity (Wildman–Crippen MR) is 114 cm³/mol. The Morgan fingerprint density at radius 3 is 2.57 bits per heavy atom. The van der Waals surface area contributed by atoms with Gasteiger partial charge in [-0.1, -0.05) is 44.0 Å². The average molecular weight is 506 g/mol. The van der Waals surface area contributed by atoms with E-state index in [1.54, 1.807) is 0 Å². The van der Waals surface area contributed by atoms with Crippen molar-refractivity contribution in [3.63, 3.8) is 0 Å². The second kappa shape index (κ2) is 9.61. The van der Waals surface area contributed by atoms with Crippen LogP contribution in [0.15, 0.2) is 80.8 Å². The number of nitrogens with zero attached hydrogens (tertiary/aromatic N) is 1. The van der Waals surface area contributed by atoms with E-state index in [4.69, 9.17) is 4.74 Å². The summed E-state index contributed by atoms with van der Waals surface area (Å²) < 4.78 is 20.9. The Morgan fingerprint density at radius 1 is 1.07 bits per heavy atom. The molecule has 0 fully saturated rings. The number of halogens is 3. The van der Waals surface area contributed by atoms with E-state index in [9.17, 15) is 9.18 Å². The Hall–Kier alpha value is -2.51. The molecule has 3 aromatic rings. The van der Waals surface area contributed by atoms with Gasteiger partial charge in [0.15, 0.2) is 0 Å². The molecule has 4 nitrogen and oxygen atoms in total. The lowest BCUT2D eigenvalue weighted by molar-refractivity contribution is 0.0954. The van der Waals surface area contributed by atoms with E-state index < -0.39 is 11.7 Å². The molecule has 0 aliphatic carbocycles. The molecule has 0 saturated heterocycles. The lowest BCUT2D eigenvalue weighted by Crippen LogP contribution is -2.17. The van der Waals surface area contributed by atoms with Gasteiger partial charge in [-0.25, -0.2) is 9.82 Å². The first kappa shape index (κ1) is 20.2. The van der Waals surface area contributed by atoms with Gasteiger partial charge < -0.3 is 4.74 Å². The molecule has 3 rings (SSSR count). The number of hydrogen-bond donors (Lipinski definition) is 1. The third-order valence-corrected chi connectivity index (χ3v) is 4.99. The molecule has 0 spiro atoms. The molecule has 28 heavy (non-hydrogen) atoms. The Balaban J connectivity index is 1.53. The van der Waals surface area contributed by atoms with Crippen LogP contribution in [0.2, 0.25) is 0 Å². The Morgan fingerprint density at radius 2 is 1.86 bits per heavy atom. The minimum atomic E-state index is -0.476. The fraction of sp³-hybridized carbons (Fsp3) is 0.0476. The number of carbonyl (C=O) groups excluding carboxylic acids is 1. The van der Waals surface area contributed by atoms with Gasteiger partial charge in [0.2, 0.25) is 0 Å². The second-order valence-electron chi connectivity index (χ2n) is 5.80. The number of benzene rings is 3. The highest BCUT2D eigenvalue weighted by atomic mass is 79.9. The third-order valence-electron chi connectivity index (χ3n) is 3.76. The van der Waals surface area contributed by atoms with Crippen LogP contribution >= 0.6 is 31.9 Å².